The van der Waals surface area contributed by atoms with Crippen LogP contribution < -0.4 is 10.2 Å². The molecule has 3 aromatic heterocycles. The average molecular weight is 538 g/mol. The first-order valence-electron chi connectivity index (χ1n) is 9.56. The number of carbonyl (C=O) groups excluding carboxylic acids is 1. The van der Waals surface area contributed by atoms with E-state index in [9.17, 15) is 9.90 Å². The molecule has 1 aromatic carbocycles. The van der Waals surface area contributed by atoms with Gasteiger partial charge < -0.3 is 24.7 Å². The Bertz CT molecular complexity index is 1270. The Hall–Kier alpha value is -2.69. The number of thiazole rings is 1. The van der Waals surface area contributed by atoms with Crippen LogP contribution in [0.25, 0.3) is 22.4 Å². The highest BCUT2D eigenvalue weighted by Gasteiger charge is 2.28. The maximum atomic E-state index is 11.1. The number of imidazole rings is 1. The second-order valence-corrected chi connectivity index (χ2v) is 8.90. The molecule has 12 heteroatoms. The van der Waals surface area contributed by atoms with Gasteiger partial charge in [-0.15, -0.1) is 11.3 Å². The third-order valence-corrected chi connectivity index (χ3v) is 6.33. The van der Waals surface area contributed by atoms with Crippen LogP contribution in [0.4, 0.5) is 6.01 Å². The van der Waals surface area contributed by atoms with Gasteiger partial charge in [0.05, 0.1) is 28.7 Å². The molecule has 0 radical (unpaired) electrons. The summed E-state index contributed by atoms with van der Waals surface area (Å²) in [5.41, 5.74) is 4.61. The number of oxazole rings is 1. The molecular formula is C20H18BrClN6O3S. The molecule has 32 heavy (non-hydrogen) atoms. The zero-order valence-electron chi connectivity index (χ0n) is 16.8. The summed E-state index contributed by atoms with van der Waals surface area (Å²) >= 11 is 10.7. The number of fused-ring (bicyclic) bond motifs is 1. The first kappa shape index (κ1) is 22.5. The molecule has 1 saturated heterocycles. The van der Waals surface area contributed by atoms with Crippen LogP contribution in [0.15, 0.2) is 44.9 Å². The molecule has 1 aliphatic heterocycles. The number of benzene rings is 1. The van der Waals surface area contributed by atoms with E-state index >= 15 is 0 Å². The standard InChI is InChI=1S/C17H15ClN4O3S.C3H3BrN2/c1-9-13(6-23)19-2-3-22(9)17-21-12-5-10(18)4-11(16(12)25-17)15-14(7-24)26-8-20-15;4-3-5-1-2-6-3/h4-5,8-9,19,24H,2-3,7H2,1H3;1-2H,(H,5,6). The molecule has 0 aliphatic carbocycles. The van der Waals surface area contributed by atoms with Gasteiger partial charge in [-0.25, -0.2) is 14.8 Å². The second kappa shape index (κ2) is 9.85. The summed E-state index contributed by atoms with van der Waals surface area (Å²) in [5, 5.41) is 13.1. The van der Waals surface area contributed by atoms with Crippen LogP contribution in [0, 0.1) is 0 Å². The van der Waals surface area contributed by atoms with Gasteiger partial charge in [-0.1, -0.05) is 11.6 Å². The lowest BCUT2D eigenvalue weighted by molar-refractivity contribution is 0.286. The van der Waals surface area contributed by atoms with Crippen LogP contribution in [0.1, 0.15) is 11.8 Å². The fourth-order valence-corrected chi connectivity index (χ4v) is 4.42. The van der Waals surface area contributed by atoms with E-state index in [0.29, 0.717) is 52.2 Å². The number of piperazine rings is 1. The molecule has 0 spiro atoms. The minimum Gasteiger partial charge on any atom is -0.423 e. The maximum Gasteiger partial charge on any atom is 0.299 e. The van der Waals surface area contributed by atoms with Crippen LogP contribution in [-0.4, -0.2) is 50.1 Å². The summed E-state index contributed by atoms with van der Waals surface area (Å²) in [6.45, 7) is 3.01. The summed E-state index contributed by atoms with van der Waals surface area (Å²) in [4.78, 5) is 29.2. The van der Waals surface area contributed by atoms with Crippen LogP contribution in [-0.2, 0) is 11.4 Å². The molecule has 0 bridgehead atoms. The van der Waals surface area contributed by atoms with Crippen molar-refractivity contribution in [2.24, 2.45) is 0 Å². The number of aromatic amines is 1. The fraction of sp³-hybridized carbons (Fsp3) is 0.250. The highest BCUT2D eigenvalue weighted by Crippen LogP contribution is 2.37. The fourth-order valence-electron chi connectivity index (χ4n) is 3.32. The lowest BCUT2D eigenvalue weighted by Crippen LogP contribution is -2.48. The molecule has 3 N–H and O–H groups in total. The molecule has 1 unspecified atom stereocenters. The Morgan fingerprint density at radius 3 is 2.94 bits per heavy atom. The van der Waals surface area contributed by atoms with E-state index in [4.69, 9.17) is 16.0 Å². The molecule has 1 aliphatic rings. The zero-order valence-corrected chi connectivity index (χ0v) is 20.0. The molecule has 5 rings (SSSR count). The van der Waals surface area contributed by atoms with Crippen LogP contribution in [0.2, 0.25) is 5.02 Å². The van der Waals surface area contributed by atoms with Gasteiger partial charge in [-0.2, -0.15) is 4.98 Å². The molecule has 4 heterocycles. The van der Waals surface area contributed by atoms with Crippen molar-refractivity contribution in [2.75, 3.05) is 18.0 Å². The summed E-state index contributed by atoms with van der Waals surface area (Å²) in [5.74, 6) is 1.93. The Balaban J connectivity index is 0.000000354. The van der Waals surface area contributed by atoms with Crippen molar-refractivity contribution in [3.8, 4) is 11.3 Å². The predicted octanol–water partition coefficient (Wildman–Crippen LogP) is 3.78. The highest BCUT2D eigenvalue weighted by atomic mass is 79.9. The SMILES string of the molecule is Brc1ncc[nH]1.CC1C(=C=O)NCCN1c1nc2cc(Cl)cc(-c3ncsc3CO)c2o1. The maximum absolute atomic E-state index is 11.1. The number of aliphatic hydroxyl groups excluding tert-OH is 1. The number of aliphatic hydroxyl groups is 1. The summed E-state index contributed by atoms with van der Waals surface area (Å²) in [6.07, 6.45) is 3.44. The van der Waals surface area contributed by atoms with E-state index in [-0.39, 0.29) is 12.6 Å². The van der Waals surface area contributed by atoms with Crippen molar-refractivity contribution in [3.05, 3.63) is 50.4 Å². The Kier molecular flexibility index (Phi) is 6.92. The minimum absolute atomic E-state index is 0.114. The minimum atomic E-state index is -0.222. The lowest BCUT2D eigenvalue weighted by atomic mass is 10.1. The van der Waals surface area contributed by atoms with Crippen LogP contribution >= 0.6 is 38.9 Å². The number of halogens is 2. The van der Waals surface area contributed by atoms with Crippen LogP contribution in [0.3, 0.4) is 0 Å². The lowest BCUT2D eigenvalue weighted by Gasteiger charge is -2.33. The first-order valence-corrected chi connectivity index (χ1v) is 11.6. The van der Waals surface area contributed by atoms with E-state index in [0.717, 1.165) is 9.61 Å². The number of anilines is 1. The van der Waals surface area contributed by atoms with Crippen molar-refractivity contribution >= 4 is 61.9 Å². The van der Waals surface area contributed by atoms with Gasteiger partial charge >= 0.3 is 0 Å². The Morgan fingerprint density at radius 1 is 1.44 bits per heavy atom. The molecule has 4 aromatic rings. The second-order valence-electron chi connectivity index (χ2n) is 6.77. The van der Waals surface area contributed by atoms with Gasteiger partial charge in [0, 0.05) is 36.1 Å². The highest BCUT2D eigenvalue weighted by molar-refractivity contribution is 9.10. The topological polar surface area (TPSA) is 120 Å². The van der Waals surface area contributed by atoms with E-state index < -0.39 is 0 Å². The number of aromatic nitrogens is 4. The van der Waals surface area contributed by atoms with Crippen molar-refractivity contribution < 1.29 is 14.3 Å². The van der Waals surface area contributed by atoms with Gasteiger partial charge in [-0.05, 0) is 35.0 Å². The average Bonchev–Trinajstić information content (AvgIpc) is 3.54. The van der Waals surface area contributed by atoms with Gasteiger partial charge in [0.25, 0.3) is 6.01 Å². The van der Waals surface area contributed by atoms with Gasteiger partial charge in [0.2, 0.25) is 0 Å². The third-order valence-electron chi connectivity index (χ3n) is 4.86. The summed E-state index contributed by atoms with van der Waals surface area (Å²) < 4.78 is 6.83. The third kappa shape index (κ3) is 4.57. The van der Waals surface area contributed by atoms with Crippen molar-refractivity contribution in [3.63, 3.8) is 0 Å². The Morgan fingerprint density at radius 2 is 2.28 bits per heavy atom. The smallest absolute Gasteiger partial charge is 0.299 e. The molecule has 0 amide bonds. The van der Waals surface area contributed by atoms with Crippen LogP contribution in [0.5, 0.6) is 0 Å². The van der Waals surface area contributed by atoms with Crippen molar-refractivity contribution in [1.29, 1.82) is 0 Å². The number of rotatable bonds is 3. The zero-order chi connectivity index (χ0) is 22.7. The van der Waals surface area contributed by atoms with Gasteiger partial charge in [0.1, 0.15) is 17.2 Å². The van der Waals surface area contributed by atoms with Gasteiger partial charge in [-0.3, -0.25) is 0 Å². The normalized spacial score (nSPS) is 15.8. The van der Waals surface area contributed by atoms with E-state index in [1.807, 2.05) is 17.8 Å². The van der Waals surface area contributed by atoms with E-state index in [1.54, 1.807) is 30.0 Å². The largest absolute Gasteiger partial charge is 0.423 e. The van der Waals surface area contributed by atoms with Crippen molar-refractivity contribution in [2.45, 2.75) is 19.6 Å². The predicted molar refractivity (Wildman–Crippen MR) is 126 cm³/mol. The van der Waals surface area contributed by atoms with Crippen molar-refractivity contribution in [1.82, 2.24) is 25.3 Å². The molecule has 166 valence electrons. The molecular weight excluding hydrogens is 520 g/mol. The molecule has 1 atom stereocenters. The molecule has 9 nitrogen and oxygen atoms in total. The molecule has 0 saturated carbocycles. The van der Waals surface area contributed by atoms with Gasteiger partial charge in [0.15, 0.2) is 10.3 Å². The summed E-state index contributed by atoms with van der Waals surface area (Å²) in [7, 11) is 0. The Labute approximate surface area is 200 Å². The van der Waals surface area contributed by atoms with E-state index in [1.165, 1.54) is 11.3 Å². The summed E-state index contributed by atoms with van der Waals surface area (Å²) in [6, 6.07) is 3.67. The number of hydrogen-bond acceptors (Lipinski definition) is 9. The first-order chi connectivity index (χ1) is 15.5. The number of H-pyrrole nitrogens is 1. The number of nitrogens with one attached hydrogen (secondary N) is 2. The number of nitrogens with zero attached hydrogens (tertiary/aromatic N) is 4. The quantitative estimate of drug-likeness (QED) is 0.338. The number of hydrogen-bond donors (Lipinski definition) is 3. The van der Waals surface area contributed by atoms with E-state index in [2.05, 4.69) is 41.2 Å². The monoisotopic (exact) mass is 536 g/mol. The molecule has 1 fully saturated rings.